The number of hydrogen-bond acceptors (Lipinski definition) is 8. The molecule has 14 heteroatoms. The number of thiazole rings is 1. The van der Waals surface area contributed by atoms with Crippen molar-refractivity contribution in [2.45, 2.75) is 37.8 Å². The van der Waals surface area contributed by atoms with Crippen molar-refractivity contribution in [1.29, 1.82) is 0 Å². The van der Waals surface area contributed by atoms with Gasteiger partial charge in [-0.2, -0.15) is 4.31 Å². The molecule has 0 spiro atoms. The van der Waals surface area contributed by atoms with Crippen molar-refractivity contribution in [1.82, 2.24) is 14.6 Å². The fourth-order valence-corrected chi connectivity index (χ4v) is 6.93. The van der Waals surface area contributed by atoms with E-state index in [1.165, 1.54) is 21.7 Å². The molecule has 0 amide bonds. The van der Waals surface area contributed by atoms with E-state index in [4.69, 9.17) is 11.6 Å². The first-order valence-electron chi connectivity index (χ1n) is 11.5. The number of amidine groups is 1. The van der Waals surface area contributed by atoms with Crippen LogP contribution in [0.25, 0.3) is 0 Å². The van der Waals surface area contributed by atoms with E-state index in [2.05, 4.69) is 15.3 Å². The highest BCUT2D eigenvalue weighted by Crippen LogP contribution is 2.42. The first-order valence-corrected chi connectivity index (χ1v) is 14.6. The first kappa shape index (κ1) is 27.6. The van der Waals surface area contributed by atoms with E-state index in [0.29, 0.717) is 36.4 Å². The molecule has 1 saturated carbocycles. The van der Waals surface area contributed by atoms with Crippen molar-refractivity contribution in [3.05, 3.63) is 62.2 Å². The number of sulfonamides is 1. The van der Waals surface area contributed by atoms with Crippen molar-refractivity contribution in [2.75, 3.05) is 19.4 Å². The maximum absolute atomic E-state index is 14.4. The predicted octanol–water partition coefficient (Wildman–Crippen LogP) is 3.32. The summed E-state index contributed by atoms with van der Waals surface area (Å²) in [6, 6.07) is 0.535. The van der Waals surface area contributed by atoms with Gasteiger partial charge in [0.25, 0.3) is 0 Å². The summed E-state index contributed by atoms with van der Waals surface area (Å²) >= 11 is 7.39. The number of hydrogen-bond donors (Lipinski definition) is 3. The van der Waals surface area contributed by atoms with Crippen LogP contribution in [0.3, 0.4) is 0 Å². The van der Waals surface area contributed by atoms with Gasteiger partial charge in [0.05, 0.1) is 23.5 Å². The molecule has 37 heavy (non-hydrogen) atoms. The van der Waals surface area contributed by atoms with Crippen molar-refractivity contribution < 1.29 is 32.2 Å². The van der Waals surface area contributed by atoms with Gasteiger partial charge in [0.2, 0.25) is 10.0 Å². The third kappa shape index (κ3) is 5.70. The summed E-state index contributed by atoms with van der Waals surface area (Å²) < 4.78 is 53.9. The molecule has 1 aliphatic carbocycles. The second kappa shape index (κ2) is 11.1. The zero-order valence-electron chi connectivity index (χ0n) is 19.7. The Morgan fingerprint density at radius 1 is 1.27 bits per heavy atom. The average molecular weight is 575 g/mol. The fourth-order valence-electron chi connectivity index (χ4n) is 4.92. The molecule has 1 aromatic carbocycles. The number of rotatable bonds is 8. The summed E-state index contributed by atoms with van der Waals surface area (Å²) in [6.45, 7) is -0.333. The summed E-state index contributed by atoms with van der Waals surface area (Å²) in [7, 11) is -3.54. The molecule has 200 valence electrons. The molecule has 1 aliphatic heterocycles. The van der Waals surface area contributed by atoms with E-state index in [1.54, 1.807) is 11.6 Å². The lowest BCUT2D eigenvalue weighted by Gasteiger charge is -2.38. The molecular weight excluding hydrogens is 550 g/mol. The van der Waals surface area contributed by atoms with Crippen molar-refractivity contribution in [2.24, 2.45) is 10.9 Å². The van der Waals surface area contributed by atoms with Gasteiger partial charge in [0, 0.05) is 35.4 Å². The Balaban J connectivity index is 1.74. The van der Waals surface area contributed by atoms with E-state index in [1.807, 2.05) is 0 Å². The van der Waals surface area contributed by atoms with E-state index >= 15 is 0 Å². The second-order valence-electron chi connectivity index (χ2n) is 8.84. The third-order valence-electron chi connectivity index (χ3n) is 6.56. The maximum atomic E-state index is 14.4. The Hall–Kier alpha value is -2.45. The molecule has 9 nitrogen and oxygen atoms in total. The van der Waals surface area contributed by atoms with Crippen LogP contribution in [0, 0.1) is 17.6 Å². The molecule has 1 atom stereocenters. The first-order chi connectivity index (χ1) is 17.5. The van der Waals surface area contributed by atoms with Crippen molar-refractivity contribution in [3.63, 3.8) is 0 Å². The number of carbonyl (C=O) groups is 1. The smallest absolute Gasteiger partial charge is 0.335 e. The van der Waals surface area contributed by atoms with Crippen LogP contribution < -0.4 is 5.32 Å². The van der Waals surface area contributed by atoms with Gasteiger partial charge in [-0.25, -0.2) is 27.0 Å². The van der Waals surface area contributed by atoms with Crippen molar-refractivity contribution in [3.8, 4) is 0 Å². The monoisotopic (exact) mass is 574 g/mol. The highest BCUT2D eigenvalue weighted by atomic mass is 35.5. The molecule has 3 N–H and O–H groups in total. The zero-order valence-corrected chi connectivity index (χ0v) is 22.1. The van der Waals surface area contributed by atoms with Crippen molar-refractivity contribution >= 4 is 44.8 Å². The predicted molar refractivity (Wildman–Crippen MR) is 135 cm³/mol. The van der Waals surface area contributed by atoms with Gasteiger partial charge in [-0.3, -0.25) is 4.99 Å². The minimum Gasteiger partial charge on any atom is -0.478 e. The van der Waals surface area contributed by atoms with Gasteiger partial charge in [-0.05, 0) is 37.7 Å². The average Bonchev–Trinajstić information content (AvgIpc) is 3.40. The van der Waals surface area contributed by atoms with Gasteiger partial charge in [0.15, 0.2) is 22.5 Å². The fraction of sp³-hybridized carbons (Fsp3) is 0.435. The number of allylic oxidation sites excluding steroid dienone is 1. The number of nitrogens with zero attached hydrogens (tertiary/aromatic N) is 3. The Morgan fingerprint density at radius 2 is 1.97 bits per heavy atom. The van der Waals surface area contributed by atoms with E-state index < -0.39 is 38.7 Å². The molecule has 2 heterocycles. The number of aliphatic carboxylic acids is 1. The summed E-state index contributed by atoms with van der Waals surface area (Å²) in [6.07, 6.45) is 4.43. The molecule has 2 aromatic rings. The Kier molecular flexibility index (Phi) is 8.29. The van der Waals surface area contributed by atoms with Crippen LogP contribution in [0.1, 0.15) is 42.3 Å². The van der Waals surface area contributed by atoms with Crippen LogP contribution in [0.5, 0.6) is 0 Å². The number of aromatic nitrogens is 1. The van der Waals surface area contributed by atoms with E-state index in [-0.39, 0.29) is 42.1 Å². The lowest BCUT2D eigenvalue weighted by Crippen LogP contribution is -2.44. The summed E-state index contributed by atoms with van der Waals surface area (Å²) in [4.78, 5) is 21.3. The zero-order chi connectivity index (χ0) is 26.9. The number of benzene rings is 1. The topological polar surface area (TPSA) is 132 Å². The van der Waals surface area contributed by atoms with E-state index in [9.17, 15) is 32.2 Å². The molecular formula is C23H25ClF2N4O5S2. The van der Waals surface area contributed by atoms with Gasteiger partial charge >= 0.3 is 5.97 Å². The lowest BCUT2D eigenvalue weighted by atomic mass is 9.80. The summed E-state index contributed by atoms with van der Waals surface area (Å²) in [5, 5.41) is 24.3. The lowest BCUT2D eigenvalue weighted by molar-refractivity contribution is -0.133. The summed E-state index contributed by atoms with van der Waals surface area (Å²) in [5.41, 5.74) is 0.211. The Bertz CT molecular complexity index is 1340. The Labute approximate surface area is 221 Å². The normalized spacial score (nSPS) is 22.6. The number of halogens is 3. The summed E-state index contributed by atoms with van der Waals surface area (Å²) in [5.74, 6) is -3.78. The molecule has 0 bridgehead atoms. The molecule has 0 saturated heterocycles. The SMILES string of the molecule is CS(=O)(=O)N(CCO)C1CCC(C2=C(C(=O)O)C(c3ccc(F)c(F)c3Cl)N=C(c3nccs3)N2)CC1. The molecule has 1 aromatic heterocycles. The number of aliphatic imine (C=N–C) groups is 1. The van der Waals surface area contributed by atoms with Gasteiger partial charge < -0.3 is 15.5 Å². The van der Waals surface area contributed by atoms with Crippen LogP contribution in [-0.4, -0.2) is 65.2 Å². The van der Waals surface area contributed by atoms with Crippen LogP contribution in [0.4, 0.5) is 8.78 Å². The minimum absolute atomic E-state index is 0.00547. The maximum Gasteiger partial charge on any atom is 0.335 e. The highest BCUT2D eigenvalue weighted by molar-refractivity contribution is 7.88. The number of aliphatic hydroxyl groups is 1. The van der Waals surface area contributed by atoms with Crippen LogP contribution in [0.2, 0.25) is 5.02 Å². The minimum atomic E-state index is -3.54. The molecule has 4 rings (SSSR count). The second-order valence-corrected chi connectivity index (χ2v) is 12.0. The van der Waals surface area contributed by atoms with Gasteiger partial charge in [-0.1, -0.05) is 17.7 Å². The van der Waals surface area contributed by atoms with Crippen LogP contribution in [-0.2, 0) is 14.8 Å². The number of carboxylic acid groups (broad SMARTS) is 1. The number of nitrogens with one attached hydrogen (secondary N) is 1. The Morgan fingerprint density at radius 3 is 2.54 bits per heavy atom. The molecule has 0 radical (unpaired) electrons. The van der Waals surface area contributed by atoms with Gasteiger partial charge in [0.1, 0.15) is 6.04 Å². The number of aliphatic hydroxyl groups excluding tert-OH is 1. The standard InChI is InChI=1S/C23H25ClF2N4O5S2/c1-37(34,35)30(9-10-31)13-4-2-12(3-5-13)19-16(23(32)33)20(14-6-7-15(25)18(26)17(14)24)29-21(28-19)22-27-8-11-36-22/h6-8,11-13,20,31H,2-5,9-10H2,1H3,(H,28,29)(H,32,33). The van der Waals surface area contributed by atoms with Crippen LogP contribution >= 0.6 is 22.9 Å². The highest BCUT2D eigenvalue weighted by Gasteiger charge is 2.39. The molecule has 2 aliphatic rings. The largest absolute Gasteiger partial charge is 0.478 e. The number of carboxylic acids is 1. The van der Waals surface area contributed by atoms with Crippen LogP contribution in [0.15, 0.2) is 40.0 Å². The molecule has 1 fully saturated rings. The quantitative estimate of drug-likeness (QED) is 0.412. The van der Waals surface area contributed by atoms with E-state index in [0.717, 1.165) is 12.3 Å². The molecule has 1 unspecified atom stereocenters. The van der Waals surface area contributed by atoms with Gasteiger partial charge in [-0.15, -0.1) is 11.3 Å². The third-order valence-corrected chi connectivity index (χ3v) is 9.06.